The van der Waals surface area contributed by atoms with E-state index in [1.807, 2.05) is 25.1 Å². The number of aryl methyl sites for hydroxylation is 1. The molecule has 0 saturated heterocycles. The molecule has 0 atom stereocenters. The number of benzene rings is 3. The van der Waals surface area contributed by atoms with Gasteiger partial charge in [-0.25, -0.2) is 4.79 Å². The van der Waals surface area contributed by atoms with Crippen LogP contribution in [0.3, 0.4) is 0 Å². The van der Waals surface area contributed by atoms with Gasteiger partial charge in [0.15, 0.2) is 18.1 Å². The monoisotopic (exact) mass is 433 g/mol. The zero-order chi connectivity index (χ0) is 22.2. The predicted molar refractivity (Wildman–Crippen MR) is 120 cm³/mol. The maximum absolute atomic E-state index is 12.2. The van der Waals surface area contributed by atoms with Gasteiger partial charge in [-0.1, -0.05) is 47.5 Å². The number of allylic oxidation sites excluding steroid dienone is 1. The SMILES string of the molecule is COc1cc(/C=C(/C#N)c2cccc(Cl)c2)ccc1OC(=O)COc1ccc(C)cc1. The van der Waals surface area contributed by atoms with E-state index in [2.05, 4.69) is 6.07 Å². The minimum absolute atomic E-state index is 0.235. The van der Waals surface area contributed by atoms with Crippen LogP contribution >= 0.6 is 11.6 Å². The summed E-state index contributed by atoms with van der Waals surface area (Å²) in [5, 5.41) is 10.1. The van der Waals surface area contributed by atoms with Gasteiger partial charge in [-0.2, -0.15) is 5.26 Å². The molecule has 0 aromatic heterocycles. The summed E-state index contributed by atoms with van der Waals surface area (Å²) in [6.45, 7) is 1.74. The molecule has 0 unspecified atom stereocenters. The molecule has 0 amide bonds. The maximum Gasteiger partial charge on any atom is 0.349 e. The second-order valence-electron chi connectivity index (χ2n) is 6.67. The summed E-state index contributed by atoms with van der Waals surface area (Å²) >= 11 is 6.02. The molecule has 0 aliphatic rings. The number of ether oxygens (including phenoxy) is 3. The van der Waals surface area contributed by atoms with Crippen molar-refractivity contribution in [3.05, 3.63) is 88.4 Å². The summed E-state index contributed by atoms with van der Waals surface area (Å²) < 4.78 is 16.2. The highest BCUT2D eigenvalue weighted by Crippen LogP contribution is 2.30. The number of carbonyl (C=O) groups excluding carboxylic acids is 1. The van der Waals surface area contributed by atoms with E-state index in [0.717, 1.165) is 5.56 Å². The molecule has 0 fully saturated rings. The Kier molecular flexibility index (Phi) is 7.31. The first-order chi connectivity index (χ1) is 15.0. The van der Waals surface area contributed by atoms with Crippen LogP contribution in [0.15, 0.2) is 66.7 Å². The Balaban J connectivity index is 1.72. The highest BCUT2D eigenvalue weighted by atomic mass is 35.5. The standard InChI is InChI=1S/C25H20ClNO4/c1-17-6-9-22(10-7-17)30-16-25(28)31-23-11-8-18(13-24(23)29-2)12-20(15-27)19-4-3-5-21(26)14-19/h3-14H,16H2,1-2H3/b20-12-. The average Bonchev–Trinajstić information content (AvgIpc) is 2.78. The Morgan fingerprint density at radius 3 is 2.52 bits per heavy atom. The van der Waals surface area contributed by atoms with Crippen LogP contribution < -0.4 is 14.2 Å². The van der Waals surface area contributed by atoms with Gasteiger partial charge in [0.05, 0.1) is 18.8 Å². The van der Waals surface area contributed by atoms with Gasteiger partial charge in [0, 0.05) is 5.02 Å². The molecule has 0 spiro atoms. The van der Waals surface area contributed by atoms with E-state index in [0.29, 0.717) is 33.2 Å². The average molecular weight is 434 g/mol. The van der Waals surface area contributed by atoms with E-state index in [4.69, 9.17) is 25.8 Å². The molecule has 5 nitrogen and oxygen atoms in total. The van der Waals surface area contributed by atoms with Crippen LogP contribution in [0, 0.1) is 18.3 Å². The molecule has 3 aromatic rings. The number of nitrogens with zero attached hydrogens (tertiary/aromatic N) is 1. The van der Waals surface area contributed by atoms with Gasteiger partial charge in [0.2, 0.25) is 0 Å². The fourth-order valence-electron chi connectivity index (χ4n) is 2.79. The lowest BCUT2D eigenvalue weighted by Crippen LogP contribution is -2.18. The molecule has 3 aromatic carbocycles. The van der Waals surface area contributed by atoms with Crippen LogP contribution in [-0.2, 0) is 4.79 Å². The quantitative estimate of drug-likeness (QED) is 0.207. The summed E-state index contributed by atoms with van der Waals surface area (Å²) in [6, 6.07) is 21.6. The van der Waals surface area contributed by atoms with Crippen LogP contribution in [0.25, 0.3) is 11.6 Å². The van der Waals surface area contributed by atoms with Crippen molar-refractivity contribution in [1.29, 1.82) is 5.26 Å². The molecule has 0 saturated carbocycles. The zero-order valence-electron chi connectivity index (χ0n) is 17.1. The molecule has 0 aliphatic carbocycles. The van der Waals surface area contributed by atoms with Crippen molar-refractivity contribution >= 4 is 29.2 Å². The number of nitriles is 1. The molecule has 3 rings (SSSR count). The molecule has 0 aliphatic heterocycles. The molecule has 0 radical (unpaired) electrons. The number of rotatable bonds is 7. The van der Waals surface area contributed by atoms with E-state index in [-0.39, 0.29) is 12.4 Å². The van der Waals surface area contributed by atoms with Gasteiger partial charge in [-0.15, -0.1) is 0 Å². The minimum Gasteiger partial charge on any atom is -0.493 e. The molecule has 0 heterocycles. The van der Waals surface area contributed by atoms with Crippen LogP contribution in [0.5, 0.6) is 17.2 Å². The Morgan fingerprint density at radius 2 is 1.84 bits per heavy atom. The molecule has 0 bridgehead atoms. The van der Waals surface area contributed by atoms with E-state index >= 15 is 0 Å². The van der Waals surface area contributed by atoms with Crippen molar-refractivity contribution in [2.75, 3.05) is 13.7 Å². The lowest BCUT2D eigenvalue weighted by Gasteiger charge is -2.11. The van der Waals surface area contributed by atoms with E-state index in [1.165, 1.54) is 7.11 Å². The van der Waals surface area contributed by atoms with Crippen molar-refractivity contribution in [3.63, 3.8) is 0 Å². The smallest absolute Gasteiger partial charge is 0.349 e. The van der Waals surface area contributed by atoms with Crippen molar-refractivity contribution in [2.24, 2.45) is 0 Å². The fraction of sp³-hybridized carbons (Fsp3) is 0.120. The number of hydrogen-bond acceptors (Lipinski definition) is 5. The Morgan fingerprint density at radius 1 is 1.06 bits per heavy atom. The highest BCUT2D eigenvalue weighted by Gasteiger charge is 2.12. The van der Waals surface area contributed by atoms with Crippen molar-refractivity contribution in [3.8, 4) is 23.3 Å². The van der Waals surface area contributed by atoms with E-state index < -0.39 is 5.97 Å². The van der Waals surface area contributed by atoms with Gasteiger partial charge >= 0.3 is 5.97 Å². The first-order valence-electron chi connectivity index (χ1n) is 9.44. The molecule has 31 heavy (non-hydrogen) atoms. The lowest BCUT2D eigenvalue weighted by molar-refractivity contribution is -0.136. The molecule has 156 valence electrons. The van der Waals surface area contributed by atoms with Crippen molar-refractivity contribution in [1.82, 2.24) is 0 Å². The Labute approximate surface area is 186 Å². The van der Waals surface area contributed by atoms with Crippen molar-refractivity contribution < 1.29 is 19.0 Å². The minimum atomic E-state index is -0.557. The summed E-state index contributed by atoms with van der Waals surface area (Å²) in [6.07, 6.45) is 1.71. The van der Waals surface area contributed by atoms with Crippen LogP contribution in [0.4, 0.5) is 0 Å². The number of carbonyl (C=O) groups is 1. The number of hydrogen-bond donors (Lipinski definition) is 0. The summed E-state index contributed by atoms with van der Waals surface area (Å²) in [7, 11) is 1.48. The van der Waals surface area contributed by atoms with Gasteiger partial charge in [-0.3, -0.25) is 0 Å². The molecule has 6 heteroatoms. The second kappa shape index (κ2) is 10.3. The van der Waals surface area contributed by atoms with Gasteiger partial charge in [0.1, 0.15) is 5.75 Å². The first kappa shape index (κ1) is 21.9. The van der Waals surface area contributed by atoms with Crippen molar-refractivity contribution in [2.45, 2.75) is 6.92 Å². The normalized spacial score (nSPS) is 10.8. The summed E-state index contributed by atoms with van der Waals surface area (Å²) in [5.74, 6) is 0.651. The Bertz CT molecular complexity index is 1150. The van der Waals surface area contributed by atoms with Crippen LogP contribution in [0.2, 0.25) is 5.02 Å². The van der Waals surface area contributed by atoms with Gasteiger partial charge in [-0.05, 0) is 60.5 Å². The van der Waals surface area contributed by atoms with Gasteiger partial charge < -0.3 is 14.2 Å². The second-order valence-corrected chi connectivity index (χ2v) is 7.10. The molecular weight excluding hydrogens is 414 g/mol. The number of halogens is 1. The Hall–Kier alpha value is -3.75. The fourth-order valence-corrected chi connectivity index (χ4v) is 2.98. The lowest BCUT2D eigenvalue weighted by atomic mass is 10.0. The third kappa shape index (κ3) is 6.11. The first-order valence-corrected chi connectivity index (χ1v) is 9.82. The highest BCUT2D eigenvalue weighted by molar-refractivity contribution is 6.30. The summed E-state index contributed by atoms with van der Waals surface area (Å²) in [4.78, 5) is 12.2. The molecular formula is C25H20ClNO4. The predicted octanol–water partition coefficient (Wildman–Crippen LogP) is 5.71. The summed E-state index contributed by atoms with van der Waals surface area (Å²) in [5.41, 5.74) is 2.96. The number of methoxy groups -OCH3 is 1. The van der Waals surface area contributed by atoms with E-state index in [9.17, 15) is 10.1 Å². The third-order valence-electron chi connectivity index (χ3n) is 4.36. The van der Waals surface area contributed by atoms with E-state index in [1.54, 1.807) is 54.6 Å². The van der Waals surface area contributed by atoms with Crippen LogP contribution in [0.1, 0.15) is 16.7 Å². The largest absolute Gasteiger partial charge is 0.493 e. The topological polar surface area (TPSA) is 68.5 Å². The van der Waals surface area contributed by atoms with Crippen LogP contribution in [-0.4, -0.2) is 19.7 Å². The third-order valence-corrected chi connectivity index (χ3v) is 4.59. The zero-order valence-corrected chi connectivity index (χ0v) is 17.8. The maximum atomic E-state index is 12.2. The molecule has 0 N–H and O–H groups in total. The number of esters is 1. The van der Waals surface area contributed by atoms with Gasteiger partial charge in [0.25, 0.3) is 0 Å².